The third-order valence-corrected chi connectivity index (χ3v) is 4.84. The lowest BCUT2D eigenvalue weighted by Gasteiger charge is -2.28. The van der Waals surface area contributed by atoms with Crippen molar-refractivity contribution >= 4 is 23.3 Å². The number of carbonyl (C=O) groups excluding carboxylic acids is 2. The average Bonchev–Trinajstić information content (AvgIpc) is 3.13. The van der Waals surface area contributed by atoms with Gasteiger partial charge >= 0.3 is 6.03 Å². The van der Waals surface area contributed by atoms with E-state index in [4.69, 9.17) is 12.3 Å². The Hall–Kier alpha value is -4.19. The Kier molecular flexibility index (Phi) is 4.90. The Labute approximate surface area is 171 Å². The first-order valence-electron chi connectivity index (χ1n) is 9.15. The second kappa shape index (κ2) is 7.67. The number of urea groups is 1. The van der Waals surface area contributed by atoms with Crippen molar-refractivity contribution in [1.82, 2.24) is 14.7 Å². The molecule has 0 radical (unpaired) electrons. The van der Waals surface area contributed by atoms with Crippen LogP contribution in [0.3, 0.4) is 0 Å². The summed E-state index contributed by atoms with van der Waals surface area (Å²) < 4.78 is 15.3. The highest BCUT2D eigenvalue weighted by Gasteiger charge is 2.29. The highest BCUT2D eigenvalue weighted by molar-refractivity contribution is 6.00. The van der Waals surface area contributed by atoms with Crippen molar-refractivity contribution in [2.45, 2.75) is 13.1 Å². The predicted molar refractivity (Wildman–Crippen MR) is 108 cm³/mol. The molecule has 1 aliphatic rings. The molecule has 3 N–H and O–H groups in total. The minimum atomic E-state index is -0.692. The van der Waals surface area contributed by atoms with E-state index in [1.165, 1.54) is 23.1 Å². The first kappa shape index (κ1) is 19.1. The van der Waals surface area contributed by atoms with Gasteiger partial charge in [-0.05, 0) is 24.3 Å². The van der Waals surface area contributed by atoms with Crippen molar-refractivity contribution in [2.75, 3.05) is 11.9 Å². The molecule has 0 bridgehead atoms. The molecule has 150 valence electrons. The Morgan fingerprint density at radius 1 is 1.17 bits per heavy atom. The number of halogens is 1. The van der Waals surface area contributed by atoms with Gasteiger partial charge < -0.3 is 16.0 Å². The van der Waals surface area contributed by atoms with E-state index in [2.05, 4.69) is 15.3 Å². The topological polar surface area (TPSA) is 97.6 Å². The number of aromatic nitrogens is 2. The van der Waals surface area contributed by atoms with Gasteiger partial charge in [0.1, 0.15) is 11.5 Å². The number of nitrogens with one attached hydrogen (secondary N) is 1. The largest absolute Gasteiger partial charge is 0.365 e. The van der Waals surface area contributed by atoms with Gasteiger partial charge in [-0.3, -0.25) is 9.48 Å². The predicted octanol–water partition coefficient (Wildman–Crippen LogP) is 3.39. The summed E-state index contributed by atoms with van der Waals surface area (Å²) in [6.07, 6.45) is 0. The third kappa shape index (κ3) is 3.58. The molecule has 0 atom stereocenters. The molecule has 8 nitrogen and oxygen atoms in total. The number of rotatable bonds is 3. The van der Waals surface area contributed by atoms with Crippen LogP contribution in [0.1, 0.15) is 16.1 Å². The molecule has 3 aromatic rings. The number of hydrogen-bond acceptors (Lipinski definition) is 3. The summed E-state index contributed by atoms with van der Waals surface area (Å²) in [5.41, 5.74) is 7.93. The van der Waals surface area contributed by atoms with E-state index in [1.807, 2.05) is 0 Å². The van der Waals surface area contributed by atoms with Crippen LogP contribution < -0.4 is 11.1 Å². The SMILES string of the molecule is [C-]#[N+]c1cccc(NC(=O)N2CCn3nc(-c4cccc(F)c4)c(C(N)=O)c3C2)c1. The summed E-state index contributed by atoms with van der Waals surface area (Å²) in [6.45, 7) is 7.92. The Bertz CT molecular complexity index is 1200. The number of primary amides is 1. The smallest absolute Gasteiger partial charge is 0.322 e. The summed E-state index contributed by atoms with van der Waals surface area (Å²) in [6, 6.07) is 12.0. The number of nitrogens with two attached hydrogens (primary N) is 1. The van der Waals surface area contributed by atoms with Crippen LogP contribution in [0.4, 0.5) is 20.6 Å². The fourth-order valence-corrected chi connectivity index (χ4v) is 3.44. The van der Waals surface area contributed by atoms with Gasteiger partial charge in [0.2, 0.25) is 0 Å². The van der Waals surface area contributed by atoms with Crippen molar-refractivity contribution in [2.24, 2.45) is 5.73 Å². The Morgan fingerprint density at radius 2 is 1.97 bits per heavy atom. The molecule has 0 spiro atoms. The number of carbonyl (C=O) groups is 2. The van der Waals surface area contributed by atoms with E-state index in [1.54, 1.807) is 35.0 Å². The molecule has 0 saturated carbocycles. The number of benzene rings is 2. The van der Waals surface area contributed by atoms with Gasteiger partial charge in [-0.1, -0.05) is 24.3 Å². The van der Waals surface area contributed by atoms with Crippen LogP contribution in [-0.4, -0.2) is 33.2 Å². The molecular formula is C21H17FN6O2. The van der Waals surface area contributed by atoms with Gasteiger partial charge in [-0.2, -0.15) is 5.10 Å². The Morgan fingerprint density at radius 3 is 2.70 bits per heavy atom. The van der Waals surface area contributed by atoms with E-state index in [9.17, 15) is 14.0 Å². The molecule has 0 fully saturated rings. The van der Waals surface area contributed by atoms with Crippen LogP contribution in [0.25, 0.3) is 16.1 Å². The molecule has 1 aromatic heterocycles. The molecule has 30 heavy (non-hydrogen) atoms. The quantitative estimate of drug-likeness (QED) is 0.655. The van der Waals surface area contributed by atoms with Crippen LogP contribution in [0.5, 0.6) is 0 Å². The van der Waals surface area contributed by atoms with Crippen molar-refractivity contribution in [1.29, 1.82) is 0 Å². The lowest BCUT2D eigenvalue weighted by molar-refractivity contribution is 0.0997. The van der Waals surface area contributed by atoms with Crippen LogP contribution in [0, 0.1) is 12.4 Å². The zero-order chi connectivity index (χ0) is 21.3. The fraction of sp³-hybridized carbons (Fsp3) is 0.143. The van der Waals surface area contributed by atoms with Crippen molar-refractivity contribution in [3.05, 3.63) is 77.0 Å². The van der Waals surface area contributed by atoms with Gasteiger partial charge in [-0.25, -0.2) is 14.0 Å². The maximum atomic E-state index is 13.7. The standard InChI is InChI=1S/C21H17FN6O2/c1-24-15-6-3-7-16(11-15)25-21(30)27-8-9-28-17(12-27)18(20(23)29)19(26-28)13-4-2-5-14(22)10-13/h2-7,10-11H,8-9,12H2,(H2,23,29)(H,25,30). The molecular weight excluding hydrogens is 387 g/mol. The minimum Gasteiger partial charge on any atom is -0.365 e. The summed E-state index contributed by atoms with van der Waals surface area (Å²) in [7, 11) is 0. The lowest BCUT2D eigenvalue weighted by Crippen LogP contribution is -2.41. The van der Waals surface area contributed by atoms with E-state index < -0.39 is 11.7 Å². The van der Waals surface area contributed by atoms with Gasteiger partial charge in [0.05, 0.1) is 30.9 Å². The number of amides is 3. The molecule has 2 aromatic carbocycles. The first-order chi connectivity index (χ1) is 14.5. The summed E-state index contributed by atoms with van der Waals surface area (Å²) in [4.78, 5) is 29.8. The number of hydrogen-bond donors (Lipinski definition) is 2. The molecule has 4 rings (SSSR count). The maximum absolute atomic E-state index is 13.7. The maximum Gasteiger partial charge on any atom is 0.322 e. The Balaban J connectivity index is 1.62. The van der Waals surface area contributed by atoms with E-state index in [0.717, 1.165) is 0 Å². The summed E-state index contributed by atoms with van der Waals surface area (Å²) in [5, 5.41) is 7.20. The highest BCUT2D eigenvalue weighted by atomic mass is 19.1. The van der Waals surface area contributed by atoms with Gasteiger partial charge in [0.15, 0.2) is 5.69 Å². The second-order valence-corrected chi connectivity index (χ2v) is 6.78. The van der Waals surface area contributed by atoms with E-state index in [0.29, 0.717) is 41.4 Å². The van der Waals surface area contributed by atoms with Gasteiger partial charge in [-0.15, -0.1) is 0 Å². The van der Waals surface area contributed by atoms with Gasteiger partial charge in [0, 0.05) is 17.8 Å². The zero-order valence-electron chi connectivity index (χ0n) is 15.8. The van der Waals surface area contributed by atoms with Gasteiger partial charge in [0.25, 0.3) is 5.91 Å². The number of anilines is 1. The monoisotopic (exact) mass is 404 g/mol. The number of nitrogens with zero attached hydrogens (tertiary/aromatic N) is 4. The molecule has 0 unspecified atom stereocenters. The van der Waals surface area contributed by atoms with Crippen molar-refractivity contribution in [3.63, 3.8) is 0 Å². The van der Waals surface area contributed by atoms with E-state index >= 15 is 0 Å². The van der Waals surface area contributed by atoms with Crippen LogP contribution in [0.15, 0.2) is 48.5 Å². The lowest BCUT2D eigenvalue weighted by atomic mass is 10.0. The molecule has 0 saturated heterocycles. The minimum absolute atomic E-state index is 0.120. The van der Waals surface area contributed by atoms with Crippen LogP contribution in [0.2, 0.25) is 0 Å². The van der Waals surface area contributed by atoms with Crippen molar-refractivity contribution in [3.8, 4) is 11.3 Å². The van der Waals surface area contributed by atoms with Crippen molar-refractivity contribution < 1.29 is 14.0 Å². The van der Waals surface area contributed by atoms with E-state index in [-0.39, 0.29) is 18.1 Å². The molecule has 2 heterocycles. The van der Waals surface area contributed by atoms with Crippen LogP contribution in [-0.2, 0) is 13.1 Å². The average molecular weight is 404 g/mol. The normalized spacial score (nSPS) is 12.7. The molecule has 0 aliphatic carbocycles. The first-order valence-corrected chi connectivity index (χ1v) is 9.15. The zero-order valence-corrected chi connectivity index (χ0v) is 15.8. The summed E-state index contributed by atoms with van der Waals surface area (Å²) >= 11 is 0. The summed E-state index contributed by atoms with van der Waals surface area (Å²) in [5.74, 6) is -1.14. The molecule has 3 amide bonds. The number of fused-ring (bicyclic) bond motifs is 1. The molecule has 1 aliphatic heterocycles. The second-order valence-electron chi connectivity index (χ2n) is 6.78. The molecule has 9 heteroatoms. The third-order valence-electron chi connectivity index (χ3n) is 4.84. The fourth-order valence-electron chi connectivity index (χ4n) is 3.44. The van der Waals surface area contributed by atoms with Crippen LogP contribution >= 0.6 is 0 Å². The highest BCUT2D eigenvalue weighted by Crippen LogP contribution is 2.29.